The monoisotopic (exact) mass is 400 g/mol. The molecule has 1 aromatic carbocycles. The Bertz CT molecular complexity index is 910. The van der Waals surface area contributed by atoms with Gasteiger partial charge in [-0.05, 0) is 64.8 Å². The van der Waals surface area contributed by atoms with Crippen molar-refractivity contribution in [3.63, 3.8) is 0 Å². The molecule has 1 aliphatic carbocycles. The third-order valence-electron chi connectivity index (χ3n) is 6.28. The van der Waals surface area contributed by atoms with Crippen molar-refractivity contribution in [2.24, 2.45) is 17.8 Å². The van der Waals surface area contributed by atoms with E-state index in [0.717, 1.165) is 24.9 Å². The zero-order valence-electron chi connectivity index (χ0n) is 15.8. The van der Waals surface area contributed by atoms with Gasteiger partial charge in [0, 0.05) is 25.2 Å². The molecule has 28 heavy (non-hydrogen) atoms. The number of amides is 2. The van der Waals surface area contributed by atoms with E-state index in [4.69, 9.17) is 9.47 Å². The average molecular weight is 401 g/mol. The predicted molar refractivity (Wildman–Crippen MR) is 107 cm³/mol. The highest BCUT2D eigenvalue weighted by Crippen LogP contribution is 2.53. The number of ether oxygens (including phenoxy) is 2. The molecule has 5 rings (SSSR count). The maximum atomic E-state index is 12.4. The van der Waals surface area contributed by atoms with Crippen LogP contribution in [0, 0.1) is 17.8 Å². The van der Waals surface area contributed by atoms with Gasteiger partial charge in [0.15, 0.2) is 5.60 Å². The SMILES string of the molecule is CC1(OC(=O)N2CC3C(CCNC(=O)c4ccc5cscc5c4)C3C2)COC1. The highest BCUT2D eigenvalue weighted by Gasteiger charge is 2.56. The number of piperidine rings is 1. The maximum Gasteiger partial charge on any atom is 0.410 e. The Labute approximate surface area is 167 Å². The van der Waals surface area contributed by atoms with Crippen molar-refractivity contribution in [1.82, 2.24) is 10.2 Å². The molecule has 2 unspecified atom stereocenters. The Balaban J connectivity index is 1.05. The number of benzene rings is 1. The molecule has 3 heterocycles. The smallest absolute Gasteiger partial charge is 0.410 e. The molecule has 6 nitrogen and oxygen atoms in total. The number of hydrogen-bond donors (Lipinski definition) is 1. The third-order valence-corrected chi connectivity index (χ3v) is 7.06. The summed E-state index contributed by atoms with van der Waals surface area (Å²) in [5, 5.41) is 9.48. The molecule has 1 N–H and O–H groups in total. The molecule has 3 aliphatic rings. The van der Waals surface area contributed by atoms with E-state index in [2.05, 4.69) is 16.1 Å². The first kappa shape index (κ1) is 17.9. The molecule has 0 spiro atoms. The van der Waals surface area contributed by atoms with Crippen molar-refractivity contribution >= 4 is 34.1 Å². The van der Waals surface area contributed by atoms with E-state index in [0.29, 0.717) is 43.1 Å². The van der Waals surface area contributed by atoms with Crippen LogP contribution in [0.2, 0.25) is 0 Å². The van der Waals surface area contributed by atoms with Crippen LogP contribution in [0.3, 0.4) is 0 Å². The van der Waals surface area contributed by atoms with Crippen molar-refractivity contribution in [2.75, 3.05) is 32.8 Å². The van der Waals surface area contributed by atoms with Gasteiger partial charge in [-0.3, -0.25) is 4.79 Å². The van der Waals surface area contributed by atoms with Crippen molar-refractivity contribution in [3.8, 4) is 0 Å². The lowest BCUT2D eigenvalue weighted by Gasteiger charge is -2.38. The fourth-order valence-electron chi connectivity index (χ4n) is 4.51. The van der Waals surface area contributed by atoms with E-state index in [-0.39, 0.29) is 12.0 Å². The number of carbonyl (C=O) groups excluding carboxylic acids is 2. The van der Waals surface area contributed by atoms with Gasteiger partial charge in [-0.25, -0.2) is 4.79 Å². The number of likely N-dealkylation sites (tertiary alicyclic amines) is 1. The van der Waals surface area contributed by atoms with E-state index < -0.39 is 5.60 Å². The third kappa shape index (κ3) is 3.26. The average Bonchev–Trinajstić information content (AvgIpc) is 3.06. The summed E-state index contributed by atoms with van der Waals surface area (Å²) in [4.78, 5) is 26.5. The molecule has 0 radical (unpaired) electrons. The minimum absolute atomic E-state index is 0.0138. The van der Waals surface area contributed by atoms with Crippen LogP contribution in [-0.4, -0.2) is 55.3 Å². The number of carbonyl (C=O) groups is 2. The highest BCUT2D eigenvalue weighted by molar-refractivity contribution is 7.09. The fourth-order valence-corrected chi connectivity index (χ4v) is 5.29. The molecule has 1 saturated carbocycles. The van der Waals surface area contributed by atoms with Gasteiger partial charge >= 0.3 is 6.09 Å². The standard InChI is InChI=1S/C21H24N2O4S/c1-21(11-26-12-21)27-20(25)23-7-17-16(18(17)8-23)4-5-22-19(24)13-2-3-14-9-28-10-15(14)6-13/h2-3,6,9-10,16-18H,4-5,7-8,11-12H2,1H3,(H,22,24). The molecule has 7 heteroatoms. The zero-order chi connectivity index (χ0) is 19.3. The van der Waals surface area contributed by atoms with Crippen LogP contribution in [0.5, 0.6) is 0 Å². The second-order valence-corrected chi connectivity index (χ2v) is 9.21. The normalized spacial score (nSPS) is 27.2. The van der Waals surface area contributed by atoms with Crippen LogP contribution in [0.1, 0.15) is 23.7 Å². The van der Waals surface area contributed by atoms with Crippen molar-refractivity contribution in [1.29, 1.82) is 0 Å². The van der Waals surface area contributed by atoms with Gasteiger partial charge in [-0.2, -0.15) is 11.3 Å². The lowest BCUT2D eigenvalue weighted by molar-refractivity contribution is -0.171. The molecular formula is C21H24N2O4S. The molecule has 1 aromatic heterocycles. The molecule has 2 aliphatic heterocycles. The van der Waals surface area contributed by atoms with Gasteiger partial charge in [0.25, 0.3) is 5.91 Å². The summed E-state index contributed by atoms with van der Waals surface area (Å²) in [7, 11) is 0. The van der Waals surface area contributed by atoms with Crippen LogP contribution < -0.4 is 5.32 Å². The van der Waals surface area contributed by atoms with Gasteiger partial charge in [0.1, 0.15) is 0 Å². The van der Waals surface area contributed by atoms with Gasteiger partial charge < -0.3 is 19.7 Å². The Morgan fingerprint density at radius 3 is 2.71 bits per heavy atom. The maximum absolute atomic E-state index is 12.4. The number of hydrogen-bond acceptors (Lipinski definition) is 5. The van der Waals surface area contributed by atoms with Crippen molar-refractivity contribution < 1.29 is 19.1 Å². The summed E-state index contributed by atoms with van der Waals surface area (Å²) in [6, 6.07) is 5.83. The number of fused-ring (bicyclic) bond motifs is 2. The van der Waals surface area contributed by atoms with Crippen LogP contribution in [-0.2, 0) is 9.47 Å². The Morgan fingerprint density at radius 2 is 2.00 bits per heavy atom. The van der Waals surface area contributed by atoms with E-state index >= 15 is 0 Å². The van der Waals surface area contributed by atoms with Crippen LogP contribution >= 0.6 is 11.3 Å². The van der Waals surface area contributed by atoms with Gasteiger partial charge in [0.05, 0.1) is 13.2 Å². The zero-order valence-corrected chi connectivity index (χ0v) is 16.7. The van der Waals surface area contributed by atoms with E-state index in [1.165, 1.54) is 5.39 Å². The number of thiophene rings is 1. The molecule has 2 amide bonds. The van der Waals surface area contributed by atoms with E-state index in [1.807, 2.05) is 30.0 Å². The molecule has 3 fully saturated rings. The Morgan fingerprint density at radius 1 is 1.25 bits per heavy atom. The summed E-state index contributed by atoms with van der Waals surface area (Å²) in [6.07, 6.45) is 0.754. The fraction of sp³-hybridized carbons (Fsp3) is 0.524. The van der Waals surface area contributed by atoms with Gasteiger partial charge in [0.2, 0.25) is 0 Å². The summed E-state index contributed by atoms with van der Waals surface area (Å²) in [5.74, 6) is 1.69. The number of nitrogens with zero attached hydrogens (tertiary/aromatic N) is 1. The van der Waals surface area contributed by atoms with Crippen LogP contribution in [0.25, 0.3) is 10.8 Å². The topological polar surface area (TPSA) is 67.9 Å². The van der Waals surface area contributed by atoms with E-state index in [1.54, 1.807) is 11.3 Å². The first-order valence-electron chi connectivity index (χ1n) is 9.82. The minimum atomic E-state index is -0.445. The predicted octanol–water partition coefficient (Wildman–Crippen LogP) is 3.12. The summed E-state index contributed by atoms with van der Waals surface area (Å²) < 4.78 is 10.7. The molecule has 148 valence electrons. The van der Waals surface area contributed by atoms with Gasteiger partial charge in [-0.15, -0.1) is 0 Å². The Kier molecular flexibility index (Phi) is 4.32. The first-order valence-corrected chi connectivity index (χ1v) is 10.8. The van der Waals surface area contributed by atoms with Crippen molar-refractivity contribution in [3.05, 3.63) is 34.5 Å². The molecule has 0 bridgehead atoms. The highest BCUT2D eigenvalue weighted by atomic mass is 32.1. The van der Waals surface area contributed by atoms with E-state index in [9.17, 15) is 9.59 Å². The largest absolute Gasteiger partial charge is 0.438 e. The molecule has 2 saturated heterocycles. The van der Waals surface area contributed by atoms with Gasteiger partial charge in [-0.1, -0.05) is 6.07 Å². The minimum Gasteiger partial charge on any atom is -0.438 e. The van der Waals surface area contributed by atoms with Crippen molar-refractivity contribution in [2.45, 2.75) is 18.9 Å². The summed E-state index contributed by atoms with van der Waals surface area (Å²) in [6.45, 7) is 5.11. The number of nitrogens with one attached hydrogen (secondary N) is 1. The lowest BCUT2D eigenvalue weighted by Crippen LogP contribution is -2.52. The Hall–Kier alpha value is -2.12. The molecule has 2 atom stereocenters. The number of rotatable bonds is 5. The first-order chi connectivity index (χ1) is 13.5. The molecular weight excluding hydrogens is 376 g/mol. The lowest BCUT2D eigenvalue weighted by atomic mass is 10.1. The quantitative estimate of drug-likeness (QED) is 0.837. The second kappa shape index (κ2) is 6.74. The summed E-state index contributed by atoms with van der Waals surface area (Å²) >= 11 is 1.65. The second-order valence-electron chi connectivity index (χ2n) is 8.47. The molecule has 2 aromatic rings. The van der Waals surface area contributed by atoms with Crippen LogP contribution in [0.4, 0.5) is 4.79 Å². The summed E-state index contributed by atoms with van der Waals surface area (Å²) in [5.41, 5.74) is 0.267. The van der Waals surface area contributed by atoms with Crippen LogP contribution in [0.15, 0.2) is 29.0 Å².